The molecule has 0 aromatic carbocycles. The van der Waals surface area contributed by atoms with Crippen LogP contribution in [-0.2, 0) is 12.8 Å². The van der Waals surface area contributed by atoms with E-state index in [-0.39, 0.29) is 13.2 Å². The minimum Gasteiger partial charge on any atom is -0.475 e. The zero-order valence-electron chi connectivity index (χ0n) is 8.95. The predicted octanol–water partition coefficient (Wildman–Crippen LogP) is 0.922. The molecule has 3 N–H and O–H groups in total. The second-order valence-corrected chi connectivity index (χ2v) is 4.37. The lowest BCUT2D eigenvalue weighted by atomic mass is 10.2. The Kier molecular flexibility index (Phi) is 3.63. The highest BCUT2D eigenvalue weighted by Crippen LogP contribution is 2.33. The molecule has 1 atom stereocenters. The number of aliphatic hydroxyl groups excluding tert-OH is 1. The molecule has 0 unspecified atom stereocenters. The van der Waals surface area contributed by atoms with E-state index < -0.39 is 6.04 Å². The van der Waals surface area contributed by atoms with E-state index in [1.165, 1.54) is 5.56 Å². The molecular weight excluding hydrogens is 228 g/mol. The molecule has 0 saturated heterocycles. The Morgan fingerprint density at radius 3 is 3.12 bits per heavy atom. The number of nitrogens with zero attached hydrogens (tertiary/aromatic N) is 1. The zero-order chi connectivity index (χ0) is 11.5. The van der Waals surface area contributed by atoms with Gasteiger partial charge in [-0.15, -0.1) is 0 Å². The fourth-order valence-electron chi connectivity index (χ4n) is 1.82. The van der Waals surface area contributed by atoms with Gasteiger partial charge in [-0.1, -0.05) is 11.6 Å². The molecule has 5 heteroatoms. The van der Waals surface area contributed by atoms with Crippen molar-refractivity contribution in [3.63, 3.8) is 0 Å². The lowest BCUT2D eigenvalue weighted by Gasteiger charge is -2.12. The summed E-state index contributed by atoms with van der Waals surface area (Å²) in [6.07, 6.45) is 4.96. The fraction of sp³-hybridized carbons (Fsp3) is 0.545. The molecule has 1 aliphatic rings. The Hall–Kier alpha value is -0.840. The Morgan fingerprint density at radius 2 is 2.38 bits per heavy atom. The van der Waals surface area contributed by atoms with Crippen LogP contribution in [0.25, 0.3) is 0 Å². The van der Waals surface area contributed by atoms with Gasteiger partial charge < -0.3 is 15.6 Å². The average Bonchev–Trinajstić information content (AvgIpc) is 2.76. The molecule has 1 aromatic heterocycles. The van der Waals surface area contributed by atoms with Crippen molar-refractivity contribution in [1.29, 1.82) is 0 Å². The van der Waals surface area contributed by atoms with Crippen molar-refractivity contribution in [2.75, 3.05) is 13.2 Å². The van der Waals surface area contributed by atoms with Gasteiger partial charge >= 0.3 is 0 Å². The highest BCUT2D eigenvalue weighted by molar-refractivity contribution is 6.32. The molecule has 2 rings (SSSR count). The quantitative estimate of drug-likeness (QED) is 0.824. The van der Waals surface area contributed by atoms with Gasteiger partial charge in [0.05, 0.1) is 12.6 Å². The Morgan fingerprint density at radius 1 is 1.56 bits per heavy atom. The van der Waals surface area contributed by atoms with Crippen LogP contribution in [0.3, 0.4) is 0 Å². The van der Waals surface area contributed by atoms with E-state index in [4.69, 9.17) is 27.2 Å². The first kappa shape index (κ1) is 11.6. The second kappa shape index (κ2) is 4.99. The van der Waals surface area contributed by atoms with E-state index >= 15 is 0 Å². The van der Waals surface area contributed by atoms with Crippen LogP contribution in [0.5, 0.6) is 5.88 Å². The summed E-state index contributed by atoms with van der Waals surface area (Å²) in [6.45, 7) is 0.116. The zero-order valence-corrected chi connectivity index (χ0v) is 9.70. The van der Waals surface area contributed by atoms with Gasteiger partial charge in [-0.3, -0.25) is 0 Å². The van der Waals surface area contributed by atoms with Gasteiger partial charge in [-0.05, 0) is 30.4 Å². The third-order valence-electron chi connectivity index (χ3n) is 2.72. The van der Waals surface area contributed by atoms with Crippen molar-refractivity contribution in [3.8, 4) is 5.88 Å². The maximum atomic E-state index is 8.78. The van der Waals surface area contributed by atoms with E-state index in [1.54, 1.807) is 0 Å². The largest absolute Gasteiger partial charge is 0.475 e. The number of hydrogen-bond donors (Lipinski definition) is 2. The first-order chi connectivity index (χ1) is 7.72. The number of aromatic nitrogens is 1. The Labute approximate surface area is 99.4 Å². The van der Waals surface area contributed by atoms with E-state index in [0.717, 1.165) is 24.8 Å². The molecule has 0 fully saturated rings. The van der Waals surface area contributed by atoms with Crippen LogP contribution in [0.1, 0.15) is 17.5 Å². The van der Waals surface area contributed by atoms with E-state index in [1.807, 2.05) is 6.20 Å². The van der Waals surface area contributed by atoms with Crippen molar-refractivity contribution in [3.05, 3.63) is 22.3 Å². The van der Waals surface area contributed by atoms with Gasteiger partial charge in [0.25, 0.3) is 0 Å². The number of hydrogen-bond acceptors (Lipinski definition) is 4. The van der Waals surface area contributed by atoms with Gasteiger partial charge in [-0.2, -0.15) is 0 Å². The van der Waals surface area contributed by atoms with Crippen LogP contribution in [0.2, 0.25) is 5.02 Å². The van der Waals surface area contributed by atoms with Gasteiger partial charge in [-0.25, -0.2) is 4.98 Å². The highest BCUT2D eigenvalue weighted by atomic mass is 35.5. The van der Waals surface area contributed by atoms with E-state index in [2.05, 4.69) is 4.98 Å². The summed E-state index contributed by atoms with van der Waals surface area (Å²) in [5, 5.41) is 9.38. The fourth-order valence-corrected chi connectivity index (χ4v) is 2.14. The lowest BCUT2D eigenvalue weighted by molar-refractivity contribution is 0.203. The van der Waals surface area contributed by atoms with Crippen molar-refractivity contribution in [2.24, 2.45) is 5.73 Å². The van der Waals surface area contributed by atoms with Gasteiger partial charge in [0.1, 0.15) is 11.6 Å². The molecule has 1 aliphatic carbocycles. The highest BCUT2D eigenvalue weighted by Gasteiger charge is 2.18. The van der Waals surface area contributed by atoms with E-state index in [9.17, 15) is 0 Å². The standard InChI is InChI=1S/C11H15ClN2O2/c12-10-9-3-1-2-7(9)4-14-11(10)16-6-8(13)5-15/h4,8,15H,1-3,5-6,13H2/t8-/m1/s1. The molecule has 88 valence electrons. The Balaban J connectivity index is 2.11. The molecule has 0 radical (unpaired) electrons. The molecule has 0 amide bonds. The normalized spacial score (nSPS) is 15.9. The van der Waals surface area contributed by atoms with Crippen molar-refractivity contribution in [2.45, 2.75) is 25.3 Å². The van der Waals surface area contributed by atoms with Crippen molar-refractivity contribution < 1.29 is 9.84 Å². The summed E-state index contributed by atoms with van der Waals surface area (Å²) in [5.41, 5.74) is 7.89. The van der Waals surface area contributed by atoms with Crippen LogP contribution in [-0.4, -0.2) is 29.3 Å². The lowest BCUT2D eigenvalue weighted by Crippen LogP contribution is -2.31. The van der Waals surface area contributed by atoms with Crippen LogP contribution in [0.15, 0.2) is 6.20 Å². The van der Waals surface area contributed by atoms with Crippen molar-refractivity contribution in [1.82, 2.24) is 4.98 Å². The van der Waals surface area contributed by atoms with Gasteiger partial charge in [0.15, 0.2) is 0 Å². The van der Waals surface area contributed by atoms with Crippen LogP contribution < -0.4 is 10.5 Å². The summed E-state index contributed by atoms with van der Waals surface area (Å²) in [7, 11) is 0. The Bertz CT molecular complexity index is 384. The topological polar surface area (TPSA) is 68.4 Å². The summed E-state index contributed by atoms with van der Waals surface area (Å²) in [4.78, 5) is 4.16. The molecule has 16 heavy (non-hydrogen) atoms. The maximum absolute atomic E-state index is 8.78. The molecule has 0 aliphatic heterocycles. The van der Waals surface area contributed by atoms with Crippen LogP contribution in [0.4, 0.5) is 0 Å². The first-order valence-electron chi connectivity index (χ1n) is 5.38. The minimum absolute atomic E-state index is 0.109. The molecule has 0 saturated carbocycles. The molecule has 1 aromatic rings. The second-order valence-electron chi connectivity index (χ2n) is 3.99. The molecule has 0 spiro atoms. The molecule has 1 heterocycles. The monoisotopic (exact) mass is 242 g/mol. The smallest absolute Gasteiger partial charge is 0.232 e. The average molecular weight is 243 g/mol. The summed E-state index contributed by atoms with van der Waals surface area (Å²) >= 11 is 6.19. The van der Waals surface area contributed by atoms with Gasteiger partial charge in [0, 0.05) is 6.20 Å². The van der Waals surface area contributed by atoms with E-state index in [0.29, 0.717) is 10.9 Å². The molecule has 4 nitrogen and oxygen atoms in total. The number of aryl methyl sites for hydroxylation is 1. The first-order valence-corrected chi connectivity index (χ1v) is 5.75. The number of rotatable bonds is 4. The molecular formula is C11H15ClN2O2. The summed E-state index contributed by atoms with van der Waals surface area (Å²) in [6, 6.07) is -0.397. The SMILES string of the molecule is N[C@H](CO)COc1ncc2c(c1Cl)CCC2. The number of fused-ring (bicyclic) bond motifs is 1. The predicted molar refractivity (Wildman–Crippen MR) is 61.8 cm³/mol. The number of pyridine rings is 1. The number of ether oxygens (including phenoxy) is 1. The number of aliphatic hydroxyl groups is 1. The maximum Gasteiger partial charge on any atom is 0.232 e. The number of nitrogens with two attached hydrogens (primary N) is 1. The van der Waals surface area contributed by atoms with Crippen LogP contribution >= 0.6 is 11.6 Å². The number of halogens is 1. The third-order valence-corrected chi connectivity index (χ3v) is 3.11. The summed E-state index contributed by atoms with van der Waals surface area (Å²) in [5.74, 6) is 0.422. The van der Waals surface area contributed by atoms with Crippen molar-refractivity contribution >= 4 is 11.6 Å². The summed E-state index contributed by atoms with van der Waals surface area (Å²) < 4.78 is 5.39. The third kappa shape index (κ3) is 2.29. The minimum atomic E-state index is -0.397. The molecule has 0 bridgehead atoms. The van der Waals surface area contributed by atoms with Crippen LogP contribution in [0, 0.1) is 0 Å². The van der Waals surface area contributed by atoms with Gasteiger partial charge in [0.2, 0.25) is 5.88 Å².